The molecule has 4 rings (SSSR count). The fourth-order valence-corrected chi connectivity index (χ4v) is 5.23. The molecule has 2 aromatic heterocycles. The zero-order valence-electron chi connectivity index (χ0n) is 16.5. The maximum atomic E-state index is 12.9. The first-order valence-corrected chi connectivity index (χ1v) is 11.3. The quantitative estimate of drug-likeness (QED) is 0.736. The van der Waals surface area contributed by atoms with Gasteiger partial charge >= 0.3 is 0 Å². The van der Waals surface area contributed by atoms with E-state index in [2.05, 4.69) is 25.0 Å². The molecule has 2 fully saturated rings. The minimum atomic E-state index is -3.57. The van der Waals surface area contributed by atoms with Gasteiger partial charge in [-0.05, 0) is 38.8 Å². The van der Waals surface area contributed by atoms with Crippen LogP contribution in [-0.2, 0) is 16.6 Å². The van der Waals surface area contributed by atoms with Crippen molar-refractivity contribution in [3.8, 4) is 0 Å². The molecule has 0 aromatic carbocycles. The topological polar surface area (TPSA) is 87.5 Å². The summed E-state index contributed by atoms with van der Waals surface area (Å²) in [4.78, 5) is 8.58. The van der Waals surface area contributed by atoms with Gasteiger partial charge in [0.25, 0.3) is 10.0 Å². The van der Waals surface area contributed by atoms with E-state index >= 15 is 0 Å². The SMILES string of the molecule is CCn1cc(S(=O)(=O)N2CCN(c3ccc(N4CCCC4)nn3)CC2)nc1C. The average Bonchev–Trinajstić information content (AvgIpc) is 3.38. The van der Waals surface area contributed by atoms with Gasteiger partial charge in [0.05, 0.1) is 0 Å². The predicted octanol–water partition coefficient (Wildman–Crippen LogP) is 1.11. The number of piperazine rings is 1. The predicted molar refractivity (Wildman–Crippen MR) is 107 cm³/mol. The summed E-state index contributed by atoms with van der Waals surface area (Å²) in [5.74, 6) is 2.43. The molecule has 9 nitrogen and oxygen atoms in total. The van der Waals surface area contributed by atoms with Gasteiger partial charge in [-0.1, -0.05) is 0 Å². The van der Waals surface area contributed by atoms with E-state index in [1.807, 2.05) is 30.5 Å². The number of aryl methyl sites for hydroxylation is 2. The number of nitrogens with zero attached hydrogens (tertiary/aromatic N) is 7. The van der Waals surface area contributed by atoms with Crippen molar-refractivity contribution >= 4 is 21.7 Å². The van der Waals surface area contributed by atoms with Crippen molar-refractivity contribution in [2.24, 2.45) is 0 Å². The highest BCUT2D eigenvalue weighted by atomic mass is 32.2. The normalized spacial score (nSPS) is 18.8. The Balaban J connectivity index is 1.41. The molecular formula is C18H27N7O2S. The molecule has 0 radical (unpaired) electrons. The number of rotatable bonds is 5. The number of anilines is 2. The number of imidazole rings is 1. The molecule has 0 N–H and O–H groups in total. The molecule has 0 unspecified atom stereocenters. The lowest BCUT2D eigenvalue weighted by atomic mass is 10.3. The third kappa shape index (κ3) is 3.58. The first kappa shape index (κ1) is 19.1. The molecule has 152 valence electrons. The average molecular weight is 406 g/mol. The van der Waals surface area contributed by atoms with Crippen molar-refractivity contribution in [3.63, 3.8) is 0 Å². The Morgan fingerprint density at radius 1 is 0.929 bits per heavy atom. The number of hydrogen-bond donors (Lipinski definition) is 0. The summed E-state index contributed by atoms with van der Waals surface area (Å²) in [5.41, 5.74) is 0. The monoisotopic (exact) mass is 405 g/mol. The second-order valence-electron chi connectivity index (χ2n) is 7.25. The molecule has 0 aliphatic carbocycles. The highest BCUT2D eigenvalue weighted by molar-refractivity contribution is 7.89. The second-order valence-corrected chi connectivity index (χ2v) is 9.13. The van der Waals surface area contributed by atoms with Gasteiger partial charge in [-0.2, -0.15) is 4.31 Å². The summed E-state index contributed by atoms with van der Waals surface area (Å²) in [6.07, 6.45) is 4.03. The standard InChI is InChI=1S/C18H27N7O2S/c1-3-22-14-18(19-15(22)2)28(26,27)25-12-10-24(11-13-25)17-7-6-16(20-21-17)23-8-4-5-9-23/h6-7,14H,3-5,8-13H2,1-2H3. The summed E-state index contributed by atoms with van der Waals surface area (Å²) in [6, 6.07) is 3.99. The fourth-order valence-electron chi connectivity index (χ4n) is 3.82. The van der Waals surface area contributed by atoms with Gasteiger partial charge in [0.2, 0.25) is 0 Å². The van der Waals surface area contributed by atoms with Gasteiger partial charge < -0.3 is 14.4 Å². The Labute approximate surface area is 166 Å². The lowest BCUT2D eigenvalue weighted by Gasteiger charge is -2.34. The van der Waals surface area contributed by atoms with Gasteiger partial charge in [-0.25, -0.2) is 13.4 Å². The van der Waals surface area contributed by atoms with Crippen molar-refractivity contribution in [2.45, 2.75) is 38.3 Å². The minimum absolute atomic E-state index is 0.134. The summed E-state index contributed by atoms with van der Waals surface area (Å²) in [7, 11) is -3.57. The number of hydrogen-bond acceptors (Lipinski definition) is 7. The van der Waals surface area contributed by atoms with Gasteiger partial charge in [0.1, 0.15) is 5.82 Å². The molecule has 2 aromatic rings. The van der Waals surface area contributed by atoms with Gasteiger partial charge in [0, 0.05) is 52.0 Å². The van der Waals surface area contributed by atoms with E-state index in [-0.39, 0.29) is 5.03 Å². The maximum Gasteiger partial charge on any atom is 0.262 e. The molecule has 4 heterocycles. The van der Waals surface area contributed by atoms with Gasteiger partial charge in [0.15, 0.2) is 16.7 Å². The zero-order chi connectivity index (χ0) is 19.7. The minimum Gasteiger partial charge on any atom is -0.355 e. The van der Waals surface area contributed by atoms with Crippen LogP contribution >= 0.6 is 0 Å². The Morgan fingerprint density at radius 3 is 2.00 bits per heavy atom. The second kappa shape index (κ2) is 7.67. The first-order chi connectivity index (χ1) is 13.5. The smallest absolute Gasteiger partial charge is 0.262 e. The first-order valence-electron chi connectivity index (χ1n) is 9.86. The highest BCUT2D eigenvalue weighted by Gasteiger charge is 2.31. The molecule has 2 aliphatic heterocycles. The van der Waals surface area contributed by atoms with Crippen LogP contribution in [0.25, 0.3) is 0 Å². The molecule has 28 heavy (non-hydrogen) atoms. The van der Waals surface area contributed by atoms with E-state index in [9.17, 15) is 8.42 Å². The maximum absolute atomic E-state index is 12.9. The van der Waals surface area contributed by atoms with Crippen LogP contribution in [0.3, 0.4) is 0 Å². The molecule has 2 aliphatic rings. The van der Waals surface area contributed by atoms with E-state index < -0.39 is 10.0 Å². The molecule has 0 amide bonds. The van der Waals surface area contributed by atoms with Crippen molar-refractivity contribution in [3.05, 3.63) is 24.2 Å². The third-order valence-corrected chi connectivity index (χ3v) is 7.30. The molecule has 0 bridgehead atoms. The Bertz CT molecular complexity index is 912. The van der Waals surface area contributed by atoms with Crippen LogP contribution in [-0.4, -0.2) is 71.7 Å². The van der Waals surface area contributed by atoms with E-state index in [1.165, 1.54) is 17.1 Å². The van der Waals surface area contributed by atoms with Crippen LogP contribution in [0.15, 0.2) is 23.4 Å². The molecular weight excluding hydrogens is 378 g/mol. The van der Waals surface area contributed by atoms with Crippen LogP contribution in [0.4, 0.5) is 11.6 Å². The van der Waals surface area contributed by atoms with Crippen LogP contribution in [0.5, 0.6) is 0 Å². The van der Waals surface area contributed by atoms with Crippen molar-refractivity contribution < 1.29 is 8.42 Å². The lowest BCUT2D eigenvalue weighted by Crippen LogP contribution is -2.49. The van der Waals surface area contributed by atoms with Crippen LogP contribution < -0.4 is 9.80 Å². The van der Waals surface area contributed by atoms with E-state index in [0.29, 0.717) is 38.5 Å². The molecule has 0 atom stereocenters. The summed E-state index contributed by atoms with van der Waals surface area (Å²) < 4.78 is 29.2. The molecule has 2 saturated heterocycles. The van der Waals surface area contributed by atoms with Crippen molar-refractivity contribution in [2.75, 3.05) is 49.1 Å². The van der Waals surface area contributed by atoms with Gasteiger partial charge in [-0.3, -0.25) is 0 Å². The largest absolute Gasteiger partial charge is 0.355 e. The Hall–Kier alpha value is -2.20. The van der Waals surface area contributed by atoms with Crippen molar-refractivity contribution in [1.82, 2.24) is 24.1 Å². The van der Waals surface area contributed by atoms with Gasteiger partial charge in [-0.15, -0.1) is 10.2 Å². The number of sulfonamides is 1. The summed E-state index contributed by atoms with van der Waals surface area (Å²) >= 11 is 0. The van der Waals surface area contributed by atoms with Crippen LogP contribution in [0.2, 0.25) is 0 Å². The van der Waals surface area contributed by atoms with E-state index in [4.69, 9.17) is 0 Å². The third-order valence-electron chi connectivity index (χ3n) is 5.53. The van der Waals surface area contributed by atoms with Crippen LogP contribution in [0.1, 0.15) is 25.6 Å². The van der Waals surface area contributed by atoms with Crippen molar-refractivity contribution in [1.29, 1.82) is 0 Å². The fraction of sp³-hybridized carbons (Fsp3) is 0.611. The van der Waals surface area contributed by atoms with E-state index in [0.717, 1.165) is 24.7 Å². The molecule has 0 saturated carbocycles. The summed E-state index contributed by atoms with van der Waals surface area (Å²) in [6.45, 7) is 8.58. The summed E-state index contributed by atoms with van der Waals surface area (Å²) in [5, 5.41) is 8.87. The lowest BCUT2D eigenvalue weighted by molar-refractivity contribution is 0.382. The Morgan fingerprint density at radius 2 is 1.50 bits per heavy atom. The highest BCUT2D eigenvalue weighted by Crippen LogP contribution is 2.22. The van der Waals surface area contributed by atoms with E-state index in [1.54, 1.807) is 6.20 Å². The zero-order valence-corrected chi connectivity index (χ0v) is 17.3. The molecule has 10 heteroatoms. The molecule has 0 spiro atoms. The Kier molecular flexibility index (Phi) is 5.24. The van der Waals surface area contributed by atoms with Crippen LogP contribution in [0, 0.1) is 6.92 Å². The number of aromatic nitrogens is 4.